The van der Waals surface area contributed by atoms with Gasteiger partial charge in [0.25, 0.3) is 0 Å². The van der Waals surface area contributed by atoms with Crippen LogP contribution in [0.15, 0.2) is 34.5 Å². The van der Waals surface area contributed by atoms with Gasteiger partial charge in [0.15, 0.2) is 5.17 Å². The lowest BCUT2D eigenvalue weighted by molar-refractivity contribution is -0.161. The molecule has 0 spiro atoms. The summed E-state index contributed by atoms with van der Waals surface area (Å²) in [6.45, 7) is 4.69. The number of hydrogen-bond donors (Lipinski definition) is 1. The molecule has 0 aliphatic carbocycles. The van der Waals surface area contributed by atoms with Crippen LogP contribution in [0.1, 0.15) is 36.7 Å². The Bertz CT molecular complexity index is 651. The van der Waals surface area contributed by atoms with Crippen molar-refractivity contribution in [3.8, 4) is 0 Å². The summed E-state index contributed by atoms with van der Waals surface area (Å²) in [5.41, 5.74) is 5.66. The highest BCUT2D eigenvalue weighted by molar-refractivity contribution is 8.13. The summed E-state index contributed by atoms with van der Waals surface area (Å²) >= 11 is 1.26. The summed E-state index contributed by atoms with van der Waals surface area (Å²) in [6, 6.07) is 6.71. The molecule has 0 aliphatic rings. The predicted octanol–water partition coefficient (Wildman–Crippen LogP) is 2.40. The summed E-state index contributed by atoms with van der Waals surface area (Å²) in [6.07, 6.45) is 3.18. The number of hydrogen-bond acceptors (Lipinski definition) is 7. The van der Waals surface area contributed by atoms with Gasteiger partial charge in [0.1, 0.15) is 0 Å². The van der Waals surface area contributed by atoms with E-state index in [1.54, 1.807) is 51.3 Å². The topological polar surface area (TPSA) is 103 Å². The maximum atomic E-state index is 12.1. The molecule has 0 radical (unpaired) electrons. The van der Waals surface area contributed by atoms with Crippen molar-refractivity contribution in [3.63, 3.8) is 0 Å². The Kier molecular flexibility index (Phi) is 7.44. The van der Waals surface area contributed by atoms with E-state index in [-0.39, 0.29) is 5.56 Å². The van der Waals surface area contributed by atoms with Crippen molar-refractivity contribution in [2.24, 2.45) is 21.4 Å². The van der Waals surface area contributed by atoms with Gasteiger partial charge < -0.3 is 15.2 Å². The SMILES string of the molecule is CS/C(N)=N\N=C\c1ccccc1C(=O)OCOC(=O)C(C)(C)C. The molecule has 0 bridgehead atoms. The normalized spacial score (nSPS) is 12.2. The zero-order chi connectivity index (χ0) is 18.2. The number of benzene rings is 1. The number of amidine groups is 1. The molecule has 1 rings (SSSR count). The third-order valence-corrected chi connectivity index (χ3v) is 3.24. The van der Waals surface area contributed by atoms with E-state index in [2.05, 4.69) is 10.2 Å². The summed E-state index contributed by atoms with van der Waals surface area (Å²) in [7, 11) is 0. The van der Waals surface area contributed by atoms with E-state index in [0.29, 0.717) is 10.7 Å². The van der Waals surface area contributed by atoms with Crippen molar-refractivity contribution in [3.05, 3.63) is 35.4 Å². The molecule has 0 heterocycles. The van der Waals surface area contributed by atoms with Crippen LogP contribution in [-0.2, 0) is 14.3 Å². The second-order valence-corrected chi connectivity index (χ2v) is 6.53. The lowest BCUT2D eigenvalue weighted by Crippen LogP contribution is -2.24. The number of rotatable bonds is 5. The summed E-state index contributed by atoms with van der Waals surface area (Å²) in [4.78, 5) is 23.7. The fourth-order valence-electron chi connectivity index (χ4n) is 1.42. The van der Waals surface area contributed by atoms with Crippen molar-refractivity contribution in [1.82, 2.24) is 0 Å². The fourth-order valence-corrected chi connectivity index (χ4v) is 1.54. The third-order valence-electron chi connectivity index (χ3n) is 2.74. The first-order chi connectivity index (χ1) is 11.3. The minimum atomic E-state index is -0.661. The molecule has 0 saturated heterocycles. The van der Waals surface area contributed by atoms with Gasteiger partial charge >= 0.3 is 11.9 Å². The number of thioether (sulfide) groups is 1. The monoisotopic (exact) mass is 351 g/mol. The Balaban J connectivity index is 2.73. The molecule has 0 amide bonds. The van der Waals surface area contributed by atoms with Crippen molar-refractivity contribution in [1.29, 1.82) is 0 Å². The van der Waals surface area contributed by atoms with Crippen LogP contribution in [0.25, 0.3) is 0 Å². The molecule has 7 nitrogen and oxygen atoms in total. The van der Waals surface area contributed by atoms with Gasteiger partial charge in [0.05, 0.1) is 17.2 Å². The summed E-state index contributed by atoms with van der Waals surface area (Å²) < 4.78 is 9.88. The van der Waals surface area contributed by atoms with Crippen molar-refractivity contribution >= 4 is 35.1 Å². The number of ether oxygens (including phenoxy) is 2. The molecule has 130 valence electrons. The largest absolute Gasteiger partial charge is 0.427 e. The van der Waals surface area contributed by atoms with Crippen LogP contribution in [-0.4, -0.2) is 36.4 Å². The van der Waals surface area contributed by atoms with E-state index in [1.807, 2.05) is 0 Å². The molecule has 0 aliphatic heterocycles. The standard InChI is InChI=1S/C16H21N3O4S/c1-16(2,3)14(21)23-10-22-13(20)12-8-6-5-7-11(12)9-18-19-15(17)24-4/h5-9H,10H2,1-4H3,(H2,17,19)/b18-9+. The Morgan fingerprint density at radius 3 is 2.54 bits per heavy atom. The minimum absolute atomic E-state index is 0.283. The third kappa shape index (κ3) is 6.41. The molecule has 24 heavy (non-hydrogen) atoms. The number of carbonyl (C=O) groups excluding carboxylic acids is 2. The Morgan fingerprint density at radius 2 is 1.92 bits per heavy atom. The molecule has 8 heteroatoms. The quantitative estimate of drug-likeness (QED) is 0.287. The average molecular weight is 351 g/mol. The molecule has 0 fully saturated rings. The number of esters is 2. The van der Waals surface area contributed by atoms with Gasteiger partial charge in [-0.2, -0.15) is 5.10 Å². The molecule has 1 aromatic carbocycles. The van der Waals surface area contributed by atoms with Crippen LogP contribution < -0.4 is 5.73 Å². The van der Waals surface area contributed by atoms with E-state index < -0.39 is 24.1 Å². The fraction of sp³-hybridized carbons (Fsp3) is 0.375. The van der Waals surface area contributed by atoms with Crippen LogP contribution in [0.3, 0.4) is 0 Å². The maximum absolute atomic E-state index is 12.1. The lowest BCUT2D eigenvalue weighted by Gasteiger charge is -2.16. The first-order valence-corrected chi connectivity index (χ1v) is 8.32. The molecule has 2 N–H and O–H groups in total. The average Bonchev–Trinajstić information content (AvgIpc) is 2.53. The second-order valence-electron chi connectivity index (χ2n) is 5.71. The molecular weight excluding hydrogens is 330 g/mol. The first kappa shape index (κ1) is 19.7. The lowest BCUT2D eigenvalue weighted by atomic mass is 9.98. The molecule has 1 aromatic rings. The number of carbonyl (C=O) groups is 2. The van der Waals surface area contributed by atoms with Gasteiger partial charge in [0.2, 0.25) is 6.79 Å². The molecule has 0 atom stereocenters. The first-order valence-electron chi connectivity index (χ1n) is 7.09. The van der Waals surface area contributed by atoms with E-state index in [9.17, 15) is 9.59 Å². The van der Waals surface area contributed by atoms with Gasteiger partial charge in [-0.3, -0.25) is 4.79 Å². The zero-order valence-corrected chi connectivity index (χ0v) is 14.9. The molecule has 0 unspecified atom stereocenters. The highest BCUT2D eigenvalue weighted by Gasteiger charge is 2.23. The van der Waals surface area contributed by atoms with E-state index in [1.165, 1.54) is 18.0 Å². The van der Waals surface area contributed by atoms with Gasteiger partial charge in [-0.15, -0.1) is 5.10 Å². The van der Waals surface area contributed by atoms with Crippen LogP contribution in [0.5, 0.6) is 0 Å². The van der Waals surface area contributed by atoms with E-state index >= 15 is 0 Å². The van der Waals surface area contributed by atoms with Crippen LogP contribution in [0, 0.1) is 5.41 Å². The van der Waals surface area contributed by atoms with E-state index in [0.717, 1.165) is 0 Å². The van der Waals surface area contributed by atoms with Crippen molar-refractivity contribution in [2.45, 2.75) is 20.8 Å². The minimum Gasteiger partial charge on any atom is -0.427 e. The van der Waals surface area contributed by atoms with Crippen molar-refractivity contribution in [2.75, 3.05) is 13.0 Å². The van der Waals surface area contributed by atoms with Crippen LogP contribution in [0.4, 0.5) is 0 Å². The Hall–Kier alpha value is -2.35. The maximum Gasteiger partial charge on any atom is 0.341 e. The molecule has 0 aromatic heterocycles. The molecular formula is C16H21N3O4S. The van der Waals surface area contributed by atoms with E-state index in [4.69, 9.17) is 15.2 Å². The van der Waals surface area contributed by atoms with Crippen molar-refractivity contribution < 1.29 is 19.1 Å². The van der Waals surface area contributed by atoms with Gasteiger partial charge in [-0.05, 0) is 33.1 Å². The van der Waals surface area contributed by atoms with Crippen LogP contribution >= 0.6 is 11.8 Å². The highest BCUT2D eigenvalue weighted by Crippen LogP contribution is 2.15. The molecule has 0 saturated carbocycles. The van der Waals surface area contributed by atoms with Gasteiger partial charge in [0, 0.05) is 5.56 Å². The summed E-state index contributed by atoms with van der Waals surface area (Å²) in [5, 5.41) is 7.88. The predicted molar refractivity (Wildman–Crippen MR) is 95.0 cm³/mol. The number of nitrogens with zero attached hydrogens (tertiary/aromatic N) is 2. The number of nitrogens with two attached hydrogens (primary N) is 1. The summed E-state index contributed by atoms with van der Waals surface area (Å²) in [5.74, 6) is -1.08. The van der Waals surface area contributed by atoms with Gasteiger partial charge in [-0.1, -0.05) is 30.0 Å². The Labute approximate surface area is 145 Å². The second kappa shape index (κ2) is 9.07. The zero-order valence-electron chi connectivity index (χ0n) is 14.1. The Morgan fingerprint density at radius 1 is 1.25 bits per heavy atom. The smallest absolute Gasteiger partial charge is 0.341 e. The van der Waals surface area contributed by atoms with Gasteiger partial charge in [-0.25, -0.2) is 4.79 Å². The van der Waals surface area contributed by atoms with Crippen LogP contribution in [0.2, 0.25) is 0 Å². The highest BCUT2D eigenvalue weighted by atomic mass is 32.2.